The Morgan fingerprint density at radius 1 is 1.17 bits per heavy atom. The summed E-state index contributed by atoms with van der Waals surface area (Å²) in [7, 11) is -4.47. The highest BCUT2D eigenvalue weighted by atomic mass is 31.2. The Morgan fingerprint density at radius 3 is 2.46 bits per heavy atom. The average molecular weight is 588 g/mol. The van der Waals surface area contributed by atoms with E-state index >= 15 is 0 Å². The quantitative estimate of drug-likeness (QED) is 0.222. The summed E-state index contributed by atoms with van der Waals surface area (Å²) in [6.45, 7) is 1.96. The molecule has 0 bridgehead atoms. The van der Waals surface area contributed by atoms with E-state index in [1.807, 2.05) is 18.2 Å². The van der Waals surface area contributed by atoms with Crippen LogP contribution in [-0.4, -0.2) is 51.3 Å². The third-order valence-electron chi connectivity index (χ3n) is 6.85. The van der Waals surface area contributed by atoms with E-state index in [9.17, 15) is 24.1 Å². The molecule has 3 aromatic rings. The number of ether oxygens (including phenoxy) is 3. The number of hydrogen-bond acceptors (Lipinski definition) is 10. The van der Waals surface area contributed by atoms with E-state index in [1.54, 1.807) is 37.3 Å². The molecule has 2 fully saturated rings. The molecule has 3 N–H and O–H groups in total. The molecule has 14 heteroatoms. The highest BCUT2D eigenvalue weighted by Crippen LogP contribution is 2.54. The minimum atomic E-state index is -4.47. The fraction of sp³-hybridized carbons (Fsp3) is 0.370. The van der Waals surface area contributed by atoms with E-state index in [1.165, 1.54) is 18.3 Å². The van der Waals surface area contributed by atoms with Gasteiger partial charge < -0.3 is 23.8 Å². The summed E-state index contributed by atoms with van der Waals surface area (Å²) in [4.78, 5) is 39.2. The molecule has 0 radical (unpaired) electrons. The lowest BCUT2D eigenvalue weighted by atomic mass is 9.88. The lowest BCUT2D eigenvalue weighted by molar-refractivity contribution is -0.227. The van der Waals surface area contributed by atoms with Crippen molar-refractivity contribution in [1.29, 1.82) is 0 Å². The van der Waals surface area contributed by atoms with Gasteiger partial charge in [0.2, 0.25) is 6.29 Å². The number of benzene rings is 2. The number of carbonyl (C=O) groups excluding carboxylic acids is 1. The number of rotatable bonds is 11. The first-order chi connectivity index (χ1) is 19.7. The first-order valence-corrected chi connectivity index (χ1v) is 14.6. The fourth-order valence-electron chi connectivity index (χ4n) is 4.62. The van der Waals surface area contributed by atoms with Crippen LogP contribution in [0.3, 0.4) is 0 Å². The molecular weight excluding hydrogens is 557 g/mol. The zero-order valence-corrected chi connectivity index (χ0v) is 23.0. The van der Waals surface area contributed by atoms with Crippen LogP contribution in [0.2, 0.25) is 0 Å². The van der Waals surface area contributed by atoms with Gasteiger partial charge in [0.05, 0.1) is 6.61 Å². The third kappa shape index (κ3) is 6.20. The molecule has 218 valence electrons. The van der Waals surface area contributed by atoms with Crippen LogP contribution in [0, 0.1) is 0 Å². The van der Waals surface area contributed by atoms with Crippen LogP contribution in [0.15, 0.2) is 82.5 Å². The molecule has 5 rings (SSSR count). The summed E-state index contributed by atoms with van der Waals surface area (Å²) in [5.41, 5.74) is -2.05. The summed E-state index contributed by atoms with van der Waals surface area (Å²) in [6, 6.07) is 17.2. The Balaban J connectivity index is 1.39. The van der Waals surface area contributed by atoms with Crippen molar-refractivity contribution in [1.82, 2.24) is 14.6 Å². The second-order valence-electron chi connectivity index (χ2n) is 9.56. The van der Waals surface area contributed by atoms with E-state index in [4.69, 9.17) is 23.3 Å². The number of H-pyrrole nitrogens is 1. The van der Waals surface area contributed by atoms with Gasteiger partial charge in [-0.2, -0.15) is 5.09 Å². The second-order valence-corrected chi connectivity index (χ2v) is 11.2. The predicted octanol–water partition coefficient (Wildman–Crippen LogP) is 2.23. The number of aliphatic hydroxyl groups excluding tert-OH is 1. The zero-order valence-electron chi connectivity index (χ0n) is 22.1. The minimum absolute atomic E-state index is 0.00244. The standard InChI is InChI=1S/C27H30N3O10P/c1-2-20(23(33)36-17-18-9-5-3-6-10-18)29-41(35,39-19-11-7-4-8-12-19)40-24-22(32)27(14-16-37-27)25(38-24)30-15-13-21(31)28-26(30)34/h3-13,15,20,22,24-25,32H,2,14,16-17H2,1H3,(H,29,35)(H,28,31,34)/t20-,22+,24+,25+,27+,41?/m0/s1. The number of nitrogens with zero attached hydrogens (tertiary/aromatic N) is 1. The smallest absolute Gasteiger partial charge is 0.460 e. The maximum atomic E-state index is 14.2. The number of aromatic nitrogens is 2. The summed E-state index contributed by atoms with van der Waals surface area (Å²) < 4.78 is 43.8. The molecule has 0 saturated carbocycles. The van der Waals surface area contributed by atoms with Gasteiger partial charge in [0, 0.05) is 18.7 Å². The Hall–Kier alpha value is -3.58. The number of carbonyl (C=O) groups is 1. The van der Waals surface area contributed by atoms with Crippen molar-refractivity contribution in [3.05, 3.63) is 99.3 Å². The lowest BCUT2D eigenvalue weighted by Gasteiger charge is -2.43. The van der Waals surface area contributed by atoms with Gasteiger partial charge in [-0.3, -0.25) is 23.7 Å². The van der Waals surface area contributed by atoms with Gasteiger partial charge in [-0.15, -0.1) is 0 Å². The maximum Gasteiger partial charge on any atom is 0.461 e. The van der Waals surface area contributed by atoms with E-state index in [-0.39, 0.29) is 31.8 Å². The van der Waals surface area contributed by atoms with Crippen molar-refractivity contribution in [3.8, 4) is 5.75 Å². The van der Waals surface area contributed by atoms with Crippen molar-refractivity contribution in [2.45, 2.75) is 56.6 Å². The van der Waals surface area contributed by atoms with Crippen LogP contribution in [0.1, 0.15) is 31.6 Å². The highest BCUT2D eigenvalue weighted by Gasteiger charge is 2.64. The van der Waals surface area contributed by atoms with E-state index < -0.39 is 55.2 Å². The Bertz CT molecular complexity index is 1510. The van der Waals surface area contributed by atoms with Gasteiger partial charge in [0.1, 0.15) is 30.1 Å². The monoisotopic (exact) mass is 587 g/mol. The van der Waals surface area contributed by atoms with Crippen LogP contribution in [0.5, 0.6) is 5.75 Å². The Labute approximate surface area is 234 Å². The normalized spacial score (nSPS) is 25.7. The van der Waals surface area contributed by atoms with Crippen LogP contribution in [0.25, 0.3) is 0 Å². The van der Waals surface area contributed by atoms with Gasteiger partial charge in [-0.1, -0.05) is 55.5 Å². The first-order valence-electron chi connectivity index (χ1n) is 13.0. The summed E-state index contributed by atoms with van der Waals surface area (Å²) in [5.74, 6) is -0.535. The fourth-order valence-corrected chi connectivity index (χ4v) is 6.28. The lowest BCUT2D eigenvalue weighted by Crippen LogP contribution is -2.57. The van der Waals surface area contributed by atoms with Gasteiger partial charge in [0.25, 0.3) is 5.56 Å². The molecule has 13 nitrogen and oxygen atoms in total. The molecule has 2 aliphatic rings. The molecule has 2 aliphatic heterocycles. The van der Waals surface area contributed by atoms with E-state index in [0.29, 0.717) is 0 Å². The third-order valence-corrected chi connectivity index (χ3v) is 8.41. The van der Waals surface area contributed by atoms with Crippen LogP contribution in [-0.2, 0) is 34.7 Å². The van der Waals surface area contributed by atoms with Crippen molar-refractivity contribution < 1.29 is 37.7 Å². The number of aromatic amines is 1. The van der Waals surface area contributed by atoms with Crippen molar-refractivity contribution in [2.24, 2.45) is 0 Å². The van der Waals surface area contributed by atoms with Crippen LogP contribution < -0.4 is 20.9 Å². The SMILES string of the molecule is CC[C@H](NP(=O)(Oc1ccccc1)O[C@H]1O[C@@H](n2ccc(=O)[nH]c2=O)[C@@]2(CCO2)[C@@H]1O)C(=O)OCc1ccccc1. The Kier molecular flexibility index (Phi) is 8.55. The molecule has 3 heterocycles. The van der Waals surface area contributed by atoms with E-state index in [2.05, 4.69) is 10.1 Å². The van der Waals surface area contributed by atoms with Crippen LogP contribution in [0.4, 0.5) is 0 Å². The summed E-state index contributed by atoms with van der Waals surface area (Å²) in [5, 5.41) is 13.9. The Morgan fingerprint density at radius 2 is 1.85 bits per heavy atom. The molecular formula is C27H30N3O10P. The van der Waals surface area contributed by atoms with Gasteiger partial charge >= 0.3 is 19.4 Å². The molecule has 0 amide bonds. The van der Waals surface area contributed by atoms with Crippen molar-refractivity contribution in [2.75, 3.05) is 6.61 Å². The van der Waals surface area contributed by atoms with Crippen molar-refractivity contribution >= 4 is 13.7 Å². The molecule has 6 atom stereocenters. The topological polar surface area (TPSA) is 167 Å². The number of aliphatic hydroxyl groups is 1. The largest absolute Gasteiger partial charge is 0.461 e. The zero-order chi connectivity index (χ0) is 29.0. The van der Waals surface area contributed by atoms with Crippen LogP contribution >= 0.6 is 7.75 Å². The molecule has 1 aromatic heterocycles. The number of nitrogens with one attached hydrogen (secondary N) is 2. The second kappa shape index (κ2) is 12.1. The number of para-hydroxylation sites is 1. The number of hydrogen-bond donors (Lipinski definition) is 3. The highest BCUT2D eigenvalue weighted by molar-refractivity contribution is 7.52. The molecule has 2 saturated heterocycles. The van der Waals surface area contributed by atoms with Crippen molar-refractivity contribution in [3.63, 3.8) is 0 Å². The predicted molar refractivity (Wildman–Crippen MR) is 144 cm³/mol. The average Bonchev–Trinajstić information content (AvgIpc) is 3.23. The van der Waals surface area contributed by atoms with Gasteiger partial charge in [-0.05, 0) is 24.1 Å². The molecule has 1 unspecified atom stereocenters. The molecule has 0 aliphatic carbocycles. The number of esters is 1. The van der Waals surface area contributed by atoms with Gasteiger partial charge in [0.15, 0.2) is 6.23 Å². The summed E-state index contributed by atoms with van der Waals surface area (Å²) in [6.07, 6.45) is -2.69. The minimum Gasteiger partial charge on any atom is -0.460 e. The summed E-state index contributed by atoms with van der Waals surface area (Å²) >= 11 is 0. The van der Waals surface area contributed by atoms with Gasteiger partial charge in [-0.25, -0.2) is 9.36 Å². The molecule has 41 heavy (non-hydrogen) atoms. The first kappa shape index (κ1) is 28.9. The van der Waals surface area contributed by atoms with E-state index in [0.717, 1.165) is 16.2 Å². The molecule has 1 spiro atoms. The maximum absolute atomic E-state index is 14.2. The molecule has 2 aromatic carbocycles.